The number of carboxylic acids is 1. The van der Waals surface area contributed by atoms with Gasteiger partial charge in [0.25, 0.3) is 0 Å². The van der Waals surface area contributed by atoms with Crippen LogP contribution in [0.15, 0.2) is 60.9 Å². The van der Waals surface area contributed by atoms with E-state index in [-0.39, 0.29) is 17.2 Å². The zero-order valence-corrected chi connectivity index (χ0v) is 32.2. The Kier molecular flexibility index (Phi) is 14.9. The minimum absolute atomic E-state index is 0.0680. The van der Waals surface area contributed by atoms with Crippen LogP contribution in [0.2, 0.25) is 10.0 Å². The Morgan fingerprint density at radius 1 is 0.786 bits per heavy atom. The first-order chi connectivity index (χ1) is 19.9. The van der Waals surface area contributed by atoms with Gasteiger partial charge < -0.3 is 19.1 Å². The molecule has 0 bridgehead atoms. The topological polar surface area (TPSA) is 93.2 Å². The first-order valence-corrected chi connectivity index (χ1v) is 27.0. The molecule has 1 aliphatic rings. The second-order valence-corrected chi connectivity index (χ2v) is 45.6. The summed E-state index contributed by atoms with van der Waals surface area (Å²) in [7, 11) is 3.78. The number of amides is 1. The fourth-order valence-electron chi connectivity index (χ4n) is 4.35. The summed E-state index contributed by atoms with van der Waals surface area (Å²) < 4.78 is 3.76. The molecule has 42 heavy (non-hydrogen) atoms. The van der Waals surface area contributed by atoms with Gasteiger partial charge in [-0.3, -0.25) is 9.59 Å². The summed E-state index contributed by atoms with van der Waals surface area (Å²) in [6, 6.07) is 14.9. The van der Waals surface area contributed by atoms with Crippen molar-refractivity contribution in [2.24, 2.45) is 14.1 Å². The minimum atomic E-state index is -0.884. The van der Waals surface area contributed by atoms with Crippen molar-refractivity contribution in [3.05, 3.63) is 82.4 Å². The van der Waals surface area contributed by atoms with Gasteiger partial charge in [0.05, 0.1) is 24.2 Å². The molecule has 4 aromatic rings. The van der Waals surface area contributed by atoms with Crippen LogP contribution in [-0.2, 0) is 41.4 Å². The fourth-order valence-corrected chi connectivity index (χ4v) is 4.60. The van der Waals surface area contributed by atoms with Gasteiger partial charge in [-0.25, -0.2) is 9.97 Å². The number of carbonyl (C=O) groups excluding carboxylic acids is 1. The van der Waals surface area contributed by atoms with Crippen LogP contribution < -0.4 is 0 Å². The summed E-state index contributed by atoms with van der Waals surface area (Å²) >= 11 is 19.1. The van der Waals surface area contributed by atoms with Gasteiger partial charge in [0.15, 0.2) is 0 Å². The quantitative estimate of drug-likeness (QED) is 0.198. The molecule has 1 aliphatic heterocycles. The van der Waals surface area contributed by atoms with Crippen molar-refractivity contribution in [3.8, 4) is 22.8 Å². The maximum absolute atomic E-state index is 12.2. The standard InChI is InChI=1S/C16H18ClN3O.C12H11ClN2O2.3HI.V/c1-19-11-14(10-15(21)20-8-2-3-9-20)18-16(19)12-4-6-13(17)7-5-12;1-15-7-10(6-11(16)17)14-12(15)8-2-4-9(13)5-3-8;;;;/h4-7,11H,2-3,8-10H2,1H3;2-5,7H,6H2,1H3,(H,16,17);3*1H;/q;;;;;+3/p-3. The van der Waals surface area contributed by atoms with E-state index in [1.54, 1.807) is 18.3 Å². The van der Waals surface area contributed by atoms with E-state index in [0.29, 0.717) is 22.2 Å². The summed E-state index contributed by atoms with van der Waals surface area (Å²) in [5.41, 5.74) is 3.28. The molecule has 1 saturated heterocycles. The molecule has 0 saturated carbocycles. The summed E-state index contributed by atoms with van der Waals surface area (Å²) in [5.74, 6) is 0.882. The number of aromatic nitrogens is 4. The molecule has 14 heteroatoms. The Labute approximate surface area is 293 Å². The van der Waals surface area contributed by atoms with Gasteiger partial charge in [-0.2, -0.15) is 0 Å². The van der Waals surface area contributed by atoms with Crippen molar-refractivity contribution in [1.82, 2.24) is 24.0 Å². The molecule has 0 spiro atoms. The Hall–Kier alpha value is -0.846. The molecule has 8 nitrogen and oxygen atoms in total. The third kappa shape index (κ3) is 11.6. The molecule has 1 N–H and O–H groups in total. The van der Waals surface area contributed by atoms with E-state index in [2.05, 4.69) is 69.9 Å². The number of imidazole rings is 2. The number of likely N-dealkylation sites (tertiary alicyclic amines) is 1. The third-order valence-corrected chi connectivity index (χ3v) is 6.68. The van der Waals surface area contributed by atoms with Gasteiger partial charge in [-0.1, -0.05) is 23.2 Å². The van der Waals surface area contributed by atoms with E-state index < -0.39 is 5.97 Å². The van der Waals surface area contributed by atoms with Gasteiger partial charge in [0.2, 0.25) is 5.91 Å². The van der Waals surface area contributed by atoms with E-state index >= 15 is 0 Å². The molecule has 0 aliphatic carbocycles. The number of carboxylic acid groups (broad SMARTS) is 1. The number of carbonyl (C=O) groups is 2. The van der Waals surface area contributed by atoms with E-state index in [4.69, 9.17) is 28.3 Å². The number of halogens is 5. The summed E-state index contributed by atoms with van der Waals surface area (Å²) in [6.45, 7) is 1.77. The van der Waals surface area contributed by atoms with E-state index in [1.165, 1.54) is 0 Å². The van der Waals surface area contributed by atoms with Crippen LogP contribution >= 0.6 is 83.1 Å². The number of hydrogen-bond acceptors (Lipinski definition) is 4. The van der Waals surface area contributed by atoms with Crippen LogP contribution in [0.25, 0.3) is 22.8 Å². The Morgan fingerprint density at radius 2 is 1.17 bits per heavy atom. The van der Waals surface area contributed by atoms with Crippen molar-refractivity contribution in [3.63, 3.8) is 0 Å². The Balaban J connectivity index is 0.000000208. The predicted octanol–water partition coefficient (Wildman–Crippen LogP) is 7.93. The van der Waals surface area contributed by atoms with Gasteiger partial charge >= 0.3 is 70.8 Å². The number of aliphatic carboxylic acids is 1. The summed E-state index contributed by atoms with van der Waals surface area (Å²) in [6.07, 6.45) is 6.19. The van der Waals surface area contributed by atoms with Gasteiger partial charge in [0, 0.05) is 60.8 Å². The maximum atomic E-state index is 12.2. The average molecular weight is 986 g/mol. The van der Waals surface area contributed by atoms with Crippen LogP contribution in [-0.4, -0.2) is 54.1 Å². The molecule has 0 unspecified atom stereocenters. The molecule has 224 valence electrons. The second-order valence-electron chi connectivity index (χ2n) is 9.37. The van der Waals surface area contributed by atoms with Crippen LogP contribution in [0, 0.1) is 0 Å². The van der Waals surface area contributed by atoms with Crippen molar-refractivity contribution in [2.75, 3.05) is 13.1 Å². The Morgan fingerprint density at radius 3 is 1.55 bits per heavy atom. The van der Waals surface area contributed by atoms with Crippen molar-refractivity contribution in [1.29, 1.82) is 0 Å². The van der Waals surface area contributed by atoms with Crippen molar-refractivity contribution in [2.45, 2.75) is 25.7 Å². The van der Waals surface area contributed by atoms with E-state index in [1.807, 2.05) is 70.7 Å². The van der Waals surface area contributed by atoms with E-state index in [9.17, 15) is 9.59 Å². The predicted molar refractivity (Wildman–Crippen MR) is 190 cm³/mol. The van der Waals surface area contributed by atoms with Crippen LogP contribution in [0.5, 0.6) is 0 Å². The van der Waals surface area contributed by atoms with Crippen LogP contribution in [0.1, 0.15) is 24.2 Å². The molecular weight excluding hydrogens is 957 g/mol. The molecule has 0 radical (unpaired) electrons. The van der Waals surface area contributed by atoms with Crippen LogP contribution in [0.4, 0.5) is 0 Å². The van der Waals surface area contributed by atoms with Crippen molar-refractivity contribution < 1.29 is 19.6 Å². The van der Waals surface area contributed by atoms with Gasteiger partial charge in [-0.15, -0.1) is 0 Å². The Bertz CT molecular complexity index is 1470. The fraction of sp³-hybridized carbons (Fsp3) is 0.286. The first kappa shape index (κ1) is 35.6. The summed E-state index contributed by atoms with van der Waals surface area (Å²) in [4.78, 5) is 33.3. The first-order valence-electron chi connectivity index (χ1n) is 12.8. The molecule has 1 fully saturated rings. The number of nitrogens with zero attached hydrogens (tertiary/aromatic N) is 5. The monoisotopic (exact) mass is 985 g/mol. The molecule has 1 amide bonds. The zero-order valence-electron chi connectivity index (χ0n) is 22.9. The molecule has 5 rings (SSSR count). The van der Waals surface area contributed by atoms with Crippen molar-refractivity contribution >= 4 is 95.0 Å². The number of aryl methyl sites for hydroxylation is 2. The van der Waals surface area contributed by atoms with E-state index in [0.717, 1.165) is 54.4 Å². The number of benzene rings is 2. The number of rotatable bonds is 6. The molecule has 2 aromatic heterocycles. The molecule has 0 atom stereocenters. The number of hydrogen-bond donors (Lipinski definition) is 1. The van der Waals surface area contributed by atoms with Gasteiger partial charge in [0.1, 0.15) is 11.6 Å². The molecule has 3 heterocycles. The average Bonchev–Trinajstić information content (AvgIpc) is 3.66. The molecular formula is C28H29Cl2I3N5O3V. The summed E-state index contributed by atoms with van der Waals surface area (Å²) in [5, 5.41) is 10.1. The van der Waals surface area contributed by atoms with Crippen LogP contribution in [0.3, 0.4) is 0 Å². The molecule has 2 aromatic carbocycles. The van der Waals surface area contributed by atoms with Gasteiger partial charge in [-0.05, 0) is 61.4 Å². The zero-order chi connectivity index (χ0) is 30.8. The third-order valence-electron chi connectivity index (χ3n) is 6.18. The normalized spacial score (nSPS) is 12.4. The SMILES string of the molecule is Cn1cc(CC(=O)N2CCCC2)nc1-c1ccc(Cl)cc1.Cn1cc(CC(=O)O)nc1-c1ccc(Cl)cc1.[I][V]([I])[I]. The second kappa shape index (κ2) is 17.6.